The average Bonchev–Trinajstić information content (AvgIpc) is 2.48. The van der Waals surface area contributed by atoms with Gasteiger partial charge in [0.2, 0.25) is 0 Å². The molecule has 0 aromatic rings. The SMILES string of the molecule is CCCCCCC(C)(C)C(=O)[O-].CCCCCCC(C)(C)C(=O)[O-].[Zn+2]. The maximum absolute atomic E-state index is 10.6. The molecule has 0 aliphatic heterocycles. The van der Waals surface area contributed by atoms with Crippen molar-refractivity contribution in [1.82, 2.24) is 0 Å². The van der Waals surface area contributed by atoms with Gasteiger partial charge < -0.3 is 19.8 Å². The smallest absolute Gasteiger partial charge is 0.550 e. The van der Waals surface area contributed by atoms with E-state index in [1.54, 1.807) is 27.7 Å². The van der Waals surface area contributed by atoms with Gasteiger partial charge in [-0.25, -0.2) is 0 Å². The molecule has 0 rings (SSSR count). The molecule has 0 atom stereocenters. The molecule has 0 heterocycles. The summed E-state index contributed by atoms with van der Waals surface area (Å²) in [5.74, 6) is -1.86. The van der Waals surface area contributed by atoms with Crippen molar-refractivity contribution in [2.45, 2.75) is 106 Å². The maximum atomic E-state index is 10.6. The van der Waals surface area contributed by atoms with Crippen LogP contribution in [0.25, 0.3) is 0 Å². The molecule has 0 radical (unpaired) electrons. The molecule has 4 nitrogen and oxygen atoms in total. The molecule has 0 saturated carbocycles. The van der Waals surface area contributed by atoms with E-state index in [1.165, 1.54) is 25.7 Å². The van der Waals surface area contributed by atoms with E-state index >= 15 is 0 Å². The summed E-state index contributed by atoms with van der Waals surface area (Å²) in [6.45, 7) is 11.2. The third-order valence-electron chi connectivity index (χ3n) is 4.42. The first-order chi connectivity index (χ1) is 11.0. The van der Waals surface area contributed by atoms with Gasteiger partial charge in [0.15, 0.2) is 0 Å². The van der Waals surface area contributed by atoms with E-state index < -0.39 is 22.8 Å². The van der Waals surface area contributed by atoms with Gasteiger partial charge in [0.25, 0.3) is 0 Å². The number of unbranched alkanes of at least 4 members (excludes halogenated alkanes) is 6. The maximum Gasteiger partial charge on any atom is 2.00 e. The van der Waals surface area contributed by atoms with Crippen LogP contribution in [0.3, 0.4) is 0 Å². The van der Waals surface area contributed by atoms with E-state index in [4.69, 9.17) is 0 Å². The van der Waals surface area contributed by atoms with Crippen LogP contribution < -0.4 is 10.2 Å². The van der Waals surface area contributed by atoms with Crippen LogP contribution in [0, 0.1) is 10.8 Å². The van der Waals surface area contributed by atoms with Crippen molar-refractivity contribution in [1.29, 1.82) is 0 Å². The van der Waals surface area contributed by atoms with Gasteiger partial charge >= 0.3 is 19.5 Å². The van der Waals surface area contributed by atoms with Crippen molar-refractivity contribution in [3.05, 3.63) is 0 Å². The standard InChI is InChI=1S/2C10H20O2.Zn/c2*1-4-5-6-7-8-10(2,3)9(11)12;/h2*4-8H2,1-3H3,(H,11,12);/q;;+2/p-2. The van der Waals surface area contributed by atoms with Crippen molar-refractivity contribution >= 4 is 11.9 Å². The topological polar surface area (TPSA) is 80.3 Å². The van der Waals surface area contributed by atoms with Crippen LogP contribution in [0.15, 0.2) is 0 Å². The fourth-order valence-corrected chi connectivity index (χ4v) is 2.19. The van der Waals surface area contributed by atoms with Crippen LogP contribution in [0.4, 0.5) is 0 Å². The minimum Gasteiger partial charge on any atom is -0.550 e. The van der Waals surface area contributed by atoms with Crippen molar-refractivity contribution in [2.24, 2.45) is 10.8 Å². The zero-order valence-electron chi connectivity index (χ0n) is 17.4. The van der Waals surface area contributed by atoms with E-state index in [-0.39, 0.29) is 19.5 Å². The van der Waals surface area contributed by atoms with Crippen LogP contribution in [0.5, 0.6) is 0 Å². The van der Waals surface area contributed by atoms with E-state index in [1.807, 2.05) is 0 Å². The molecule has 0 spiro atoms. The number of carbonyl (C=O) groups excluding carboxylic acids is 2. The molecule has 25 heavy (non-hydrogen) atoms. The summed E-state index contributed by atoms with van der Waals surface area (Å²) >= 11 is 0. The minimum atomic E-state index is -0.931. The zero-order chi connectivity index (χ0) is 19.2. The normalized spacial score (nSPS) is 11.1. The number of rotatable bonds is 12. The largest absolute Gasteiger partial charge is 2.00 e. The Morgan fingerprint density at radius 3 is 1.12 bits per heavy atom. The first kappa shape index (κ1) is 29.3. The number of hydrogen-bond donors (Lipinski definition) is 0. The van der Waals surface area contributed by atoms with Gasteiger partial charge in [-0.15, -0.1) is 0 Å². The molecule has 0 aliphatic rings. The van der Waals surface area contributed by atoms with E-state index in [0.29, 0.717) is 0 Å². The third-order valence-corrected chi connectivity index (χ3v) is 4.42. The van der Waals surface area contributed by atoms with Crippen molar-refractivity contribution in [2.75, 3.05) is 0 Å². The summed E-state index contributed by atoms with van der Waals surface area (Å²) in [6.07, 6.45) is 10.5. The zero-order valence-corrected chi connectivity index (χ0v) is 20.4. The van der Waals surface area contributed by atoms with Gasteiger partial charge in [0.05, 0.1) is 0 Å². The van der Waals surface area contributed by atoms with Crippen molar-refractivity contribution in [3.63, 3.8) is 0 Å². The molecule has 0 saturated heterocycles. The fourth-order valence-electron chi connectivity index (χ4n) is 2.19. The second kappa shape index (κ2) is 15.8. The van der Waals surface area contributed by atoms with Crippen LogP contribution in [0.1, 0.15) is 106 Å². The summed E-state index contributed by atoms with van der Waals surface area (Å²) in [4.78, 5) is 21.1. The summed E-state index contributed by atoms with van der Waals surface area (Å²) in [7, 11) is 0. The number of carbonyl (C=O) groups is 2. The Kier molecular flexibility index (Phi) is 18.5. The van der Waals surface area contributed by atoms with E-state index in [0.717, 1.165) is 38.5 Å². The summed E-state index contributed by atoms with van der Waals surface area (Å²) in [6, 6.07) is 0. The first-order valence-electron chi connectivity index (χ1n) is 9.44. The molecule has 0 amide bonds. The Balaban J connectivity index is -0.000000372. The first-order valence-corrected chi connectivity index (χ1v) is 9.44. The number of carboxylic acids is 2. The third kappa shape index (κ3) is 16.8. The van der Waals surface area contributed by atoms with Crippen LogP contribution in [0.2, 0.25) is 0 Å². The summed E-state index contributed by atoms with van der Waals surface area (Å²) in [5, 5.41) is 21.1. The Morgan fingerprint density at radius 1 is 0.640 bits per heavy atom. The monoisotopic (exact) mass is 406 g/mol. The van der Waals surface area contributed by atoms with Gasteiger partial charge in [0, 0.05) is 22.8 Å². The van der Waals surface area contributed by atoms with Crippen LogP contribution >= 0.6 is 0 Å². The summed E-state index contributed by atoms with van der Waals surface area (Å²) in [5.41, 5.74) is -1.29. The van der Waals surface area contributed by atoms with Crippen LogP contribution in [-0.2, 0) is 29.1 Å². The molecule has 0 unspecified atom stereocenters. The molecular weight excluding hydrogens is 370 g/mol. The predicted octanol–water partition coefficient (Wildman–Crippen LogP) is 3.46. The van der Waals surface area contributed by atoms with E-state index in [2.05, 4.69) is 13.8 Å². The second-order valence-electron chi connectivity index (χ2n) is 7.96. The molecule has 5 heteroatoms. The molecule has 0 aromatic heterocycles. The molecule has 0 aromatic carbocycles. The number of aliphatic carboxylic acids is 2. The van der Waals surface area contributed by atoms with Gasteiger partial charge in [-0.2, -0.15) is 0 Å². The van der Waals surface area contributed by atoms with Crippen molar-refractivity contribution < 1.29 is 39.3 Å². The molecule has 0 fully saturated rings. The number of hydrogen-bond acceptors (Lipinski definition) is 4. The average molecular weight is 408 g/mol. The second-order valence-corrected chi connectivity index (χ2v) is 7.96. The van der Waals surface area contributed by atoms with Crippen LogP contribution in [-0.4, -0.2) is 11.9 Å². The van der Waals surface area contributed by atoms with E-state index in [9.17, 15) is 19.8 Å². The molecule has 0 aliphatic carbocycles. The Hall–Kier alpha value is -0.437. The van der Waals surface area contributed by atoms with Gasteiger partial charge in [-0.3, -0.25) is 0 Å². The van der Waals surface area contributed by atoms with Gasteiger partial charge in [0.1, 0.15) is 0 Å². The Labute approximate surface area is 167 Å². The number of carboxylic acid groups (broad SMARTS) is 2. The Bertz CT molecular complexity index is 318. The quantitative estimate of drug-likeness (QED) is 0.366. The summed E-state index contributed by atoms with van der Waals surface area (Å²) < 4.78 is 0. The van der Waals surface area contributed by atoms with Gasteiger partial charge in [-0.05, 0) is 12.8 Å². The fraction of sp³-hybridized carbons (Fsp3) is 0.900. The molecule has 144 valence electrons. The Morgan fingerprint density at radius 2 is 0.920 bits per heavy atom. The minimum absolute atomic E-state index is 0. The molecular formula is C20H38O4Zn. The molecule has 0 N–H and O–H groups in total. The molecule has 0 bridgehead atoms. The van der Waals surface area contributed by atoms with Gasteiger partial charge in [-0.1, -0.05) is 92.9 Å². The predicted molar refractivity (Wildman–Crippen MR) is 95.1 cm³/mol. The van der Waals surface area contributed by atoms with Crippen molar-refractivity contribution in [3.8, 4) is 0 Å².